The first-order chi connectivity index (χ1) is 11.5. The standard InChI is InChI=1S/C17H29N3O4/c1-14(2)20-12-17(13-24-10-16(20)22)3-4-19(11-17)15(21)9-18-5-7-23-8-6-18/h14H,3-13H2,1-2H3. The number of hydrogen-bond donors (Lipinski definition) is 0. The molecule has 0 radical (unpaired) electrons. The maximum absolute atomic E-state index is 12.6. The van der Waals surface area contributed by atoms with E-state index in [0.717, 1.165) is 26.1 Å². The summed E-state index contributed by atoms with van der Waals surface area (Å²) in [4.78, 5) is 30.8. The van der Waals surface area contributed by atoms with Gasteiger partial charge in [-0.25, -0.2) is 0 Å². The SMILES string of the molecule is CC(C)N1CC2(CCN(C(=O)CN3CCOCC3)C2)COCC1=O. The van der Waals surface area contributed by atoms with Crippen molar-refractivity contribution in [2.75, 3.05) is 65.7 Å². The monoisotopic (exact) mass is 339 g/mol. The summed E-state index contributed by atoms with van der Waals surface area (Å²) in [5, 5.41) is 0. The summed E-state index contributed by atoms with van der Waals surface area (Å²) in [6.07, 6.45) is 0.901. The lowest BCUT2D eigenvalue weighted by molar-refractivity contribution is -0.135. The minimum Gasteiger partial charge on any atom is -0.379 e. The van der Waals surface area contributed by atoms with Crippen LogP contribution >= 0.6 is 0 Å². The minimum atomic E-state index is -0.114. The Hall–Kier alpha value is -1.18. The lowest BCUT2D eigenvalue weighted by atomic mass is 9.87. The van der Waals surface area contributed by atoms with Crippen LogP contribution in [0.3, 0.4) is 0 Å². The van der Waals surface area contributed by atoms with E-state index in [1.807, 2.05) is 23.6 Å². The van der Waals surface area contributed by atoms with Gasteiger partial charge in [-0.1, -0.05) is 0 Å². The molecule has 0 bridgehead atoms. The van der Waals surface area contributed by atoms with E-state index in [1.165, 1.54) is 0 Å². The van der Waals surface area contributed by atoms with E-state index in [0.29, 0.717) is 39.5 Å². The highest BCUT2D eigenvalue weighted by molar-refractivity contribution is 5.79. The third-order valence-electron chi connectivity index (χ3n) is 5.34. The molecule has 3 saturated heterocycles. The summed E-state index contributed by atoms with van der Waals surface area (Å²) in [5.74, 6) is 0.236. The number of hydrogen-bond acceptors (Lipinski definition) is 5. The van der Waals surface area contributed by atoms with E-state index in [-0.39, 0.29) is 29.9 Å². The van der Waals surface area contributed by atoms with Gasteiger partial charge in [-0.3, -0.25) is 14.5 Å². The minimum absolute atomic E-state index is 0.0555. The van der Waals surface area contributed by atoms with E-state index in [9.17, 15) is 9.59 Å². The molecular formula is C17H29N3O4. The Morgan fingerprint density at radius 2 is 1.92 bits per heavy atom. The number of carbonyl (C=O) groups is 2. The van der Waals surface area contributed by atoms with Crippen molar-refractivity contribution in [2.45, 2.75) is 26.3 Å². The third-order valence-corrected chi connectivity index (χ3v) is 5.34. The molecule has 1 unspecified atom stereocenters. The molecule has 3 rings (SSSR count). The Kier molecular flexibility index (Phi) is 5.42. The molecule has 7 nitrogen and oxygen atoms in total. The number of nitrogens with zero attached hydrogens (tertiary/aromatic N) is 3. The highest BCUT2D eigenvalue weighted by Gasteiger charge is 2.44. The van der Waals surface area contributed by atoms with Crippen molar-refractivity contribution in [3.05, 3.63) is 0 Å². The molecule has 1 atom stereocenters. The molecule has 3 heterocycles. The smallest absolute Gasteiger partial charge is 0.248 e. The third kappa shape index (κ3) is 3.90. The van der Waals surface area contributed by atoms with Gasteiger partial charge in [0.15, 0.2) is 0 Å². The molecular weight excluding hydrogens is 310 g/mol. The number of amides is 2. The van der Waals surface area contributed by atoms with Crippen LogP contribution in [0.2, 0.25) is 0 Å². The zero-order valence-corrected chi connectivity index (χ0v) is 14.8. The average molecular weight is 339 g/mol. The zero-order chi connectivity index (χ0) is 17.2. The van der Waals surface area contributed by atoms with Gasteiger partial charge in [-0.15, -0.1) is 0 Å². The van der Waals surface area contributed by atoms with Crippen LogP contribution in [0, 0.1) is 5.41 Å². The summed E-state index contributed by atoms with van der Waals surface area (Å²) in [5.41, 5.74) is -0.114. The van der Waals surface area contributed by atoms with E-state index < -0.39 is 0 Å². The highest BCUT2D eigenvalue weighted by atomic mass is 16.5. The predicted octanol–water partition coefficient (Wildman–Crippen LogP) is -0.195. The Morgan fingerprint density at radius 1 is 1.17 bits per heavy atom. The largest absolute Gasteiger partial charge is 0.379 e. The van der Waals surface area contributed by atoms with Gasteiger partial charge >= 0.3 is 0 Å². The van der Waals surface area contributed by atoms with Gasteiger partial charge in [0.1, 0.15) is 6.61 Å². The lowest BCUT2D eigenvalue weighted by Gasteiger charge is -2.34. The Morgan fingerprint density at radius 3 is 2.62 bits per heavy atom. The maximum atomic E-state index is 12.6. The van der Waals surface area contributed by atoms with Crippen LogP contribution < -0.4 is 0 Å². The molecule has 0 aromatic heterocycles. The number of ether oxygens (including phenoxy) is 2. The van der Waals surface area contributed by atoms with Gasteiger partial charge in [0.25, 0.3) is 0 Å². The van der Waals surface area contributed by atoms with Crippen LogP contribution in [0.15, 0.2) is 0 Å². The molecule has 3 aliphatic rings. The van der Waals surface area contributed by atoms with Gasteiger partial charge in [0.2, 0.25) is 11.8 Å². The molecule has 3 aliphatic heterocycles. The summed E-state index contributed by atoms with van der Waals surface area (Å²) in [7, 11) is 0. The van der Waals surface area contributed by atoms with E-state index >= 15 is 0 Å². The van der Waals surface area contributed by atoms with Crippen molar-refractivity contribution in [3.63, 3.8) is 0 Å². The van der Waals surface area contributed by atoms with E-state index in [4.69, 9.17) is 9.47 Å². The van der Waals surface area contributed by atoms with Crippen molar-refractivity contribution in [1.82, 2.24) is 14.7 Å². The van der Waals surface area contributed by atoms with Crippen molar-refractivity contribution in [2.24, 2.45) is 5.41 Å². The Bertz CT molecular complexity index is 478. The molecule has 0 N–H and O–H groups in total. The summed E-state index contributed by atoms with van der Waals surface area (Å²) < 4.78 is 11.0. The van der Waals surface area contributed by atoms with Gasteiger partial charge in [0, 0.05) is 44.2 Å². The van der Waals surface area contributed by atoms with Crippen molar-refractivity contribution in [3.8, 4) is 0 Å². The topological polar surface area (TPSA) is 62.3 Å². The second kappa shape index (κ2) is 7.37. The second-order valence-corrected chi connectivity index (χ2v) is 7.56. The molecule has 1 spiro atoms. The Balaban J connectivity index is 1.60. The summed E-state index contributed by atoms with van der Waals surface area (Å²) in [6.45, 7) is 10.4. The fourth-order valence-corrected chi connectivity index (χ4v) is 3.85. The van der Waals surface area contributed by atoms with Crippen LogP contribution in [0.4, 0.5) is 0 Å². The van der Waals surface area contributed by atoms with Gasteiger partial charge < -0.3 is 19.3 Å². The van der Waals surface area contributed by atoms with E-state index in [1.54, 1.807) is 0 Å². The fraction of sp³-hybridized carbons (Fsp3) is 0.882. The predicted molar refractivity (Wildman–Crippen MR) is 88.6 cm³/mol. The molecule has 7 heteroatoms. The van der Waals surface area contributed by atoms with Crippen LogP contribution in [0.25, 0.3) is 0 Å². The molecule has 2 amide bonds. The summed E-state index contributed by atoms with van der Waals surface area (Å²) in [6, 6.07) is 0.161. The van der Waals surface area contributed by atoms with Crippen LogP contribution in [0.5, 0.6) is 0 Å². The number of morpholine rings is 1. The Labute approximate surface area is 143 Å². The van der Waals surface area contributed by atoms with Crippen LogP contribution in [0.1, 0.15) is 20.3 Å². The van der Waals surface area contributed by atoms with Gasteiger partial charge in [0.05, 0.1) is 26.4 Å². The highest BCUT2D eigenvalue weighted by Crippen LogP contribution is 2.34. The number of rotatable bonds is 3. The number of likely N-dealkylation sites (tertiary alicyclic amines) is 1. The molecule has 0 aromatic carbocycles. The van der Waals surface area contributed by atoms with Crippen molar-refractivity contribution >= 4 is 11.8 Å². The first-order valence-electron chi connectivity index (χ1n) is 8.94. The molecule has 0 aliphatic carbocycles. The molecule has 0 aromatic rings. The van der Waals surface area contributed by atoms with Crippen LogP contribution in [-0.4, -0.2) is 98.3 Å². The first kappa shape index (κ1) is 17.6. The van der Waals surface area contributed by atoms with Crippen LogP contribution in [-0.2, 0) is 19.1 Å². The maximum Gasteiger partial charge on any atom is 0.248 e. The van der Waals surface area contributed by atoms with Gasteiger partial charge in [-0.2, -0.15) is 0 Å². The molecule has 0 saturated carbocycles. The van der Waals surface area contributed by atoms with Crippen molar-refractivity contribution < 1.29 is 19.1 Å². The molecule has 136 valence electrons. The summed E-state index contributed by atoms with van der Waals surface area (Å²) >= 11 is 0. The number of carbonyl (C=O) groups excluding carboxylic acids is 2. The molecule has 24 heavy (non-hydrogen) atoms. The normalized spacial score (nSPS) is 29.5. The quantitative estimate of drug-likeness (QED) is 0.713. The first-order valence-corrected chi connectivity index (χ1v) is 8.94. The second-order valence-electron chi connectivity index (χ2n) is 7.56. The average Bonchev–Trinajstić information content (AvgIpc) is 2.90. The fourth-order valence-electron chi connectivity index (χ4n) is 3.85. The molecule has 3 fully saturated rings. The zero-order valence-electron chi connectivity index (χ0n) is 14.8. The van der Waals surface area contributed by atoms with Gasteiger partial charge in [-0.05, 0) is 20.3 Å². The van der Waals surface area contributed by atoms with Crippen molar-refractivity contribution in [1.29, 1.82) is 0 Å². The van der Waals surface area contributed by atoms with E-state index in [2.05, 4.69) is 4.90 Å². The lowest BCUT2D eigenvalue weighted by Crippen LogP contribution is -2.47.